The molecule has 1 aromatic carbocycles. The summed E-state index contributed by atoms with van der Waals surface area (Å²) in [7, 11) is -3.03. The third kappa shape index (κ3) is 3.64. The van der Waals surface area contributed by atoms with Crippen molar-refractivity contribution < 1.29 is 13.2 Å². The Morgan fingerprint density at radius 3 is 2.95 bits per heavy atom. The maximum Gasteiger partial charge on any atom is 0.174 e. The molecule has 2 rings (SSSR count). The zero-order valence-corrected chi connectivity index (χ0v) is 12.2. The Balaban J connectivity index is 2.08. The lowest BCUT2D eigenvalue weighted by Crippen LogP contribution is -2.34. The summed E-state index contributed by atoms with van der Waals surface area (Å²) in [5.41, 5.74) is 0.820. The van der Waals surface area contributed by atoms with Crippen LogP contribution in [0, 0.1) is 11.3 Å². The van der Waals surface area contributed by atoms with E-state index in [0.717, 1.165) is 18.5 Å². The summed E-state index contributed by atoms with van der Waals surface area (Å²) >= 11 is 0. The van der Waals surface area contributed by atoms with E-state index in [4.69, 9.17) is 10.00 Å². The number of nitrogens with zero attached hydrogens (tertiary/aromatic N) is 1. The van der Waals surface area contributed by atoms with Crippen molar-refractivity contribution >= 4 is 15.5 Å². The van der Waals surface area contributed by atoms with Crippen LogP contribution in [0.5, 0.6) is 5.75 Å². The normalized spacial score (nSPS) is 22.2. The summed E-state index contributed by atoms with van der Waals surface area (Å²) in [5, 5.41) is 11.4. The highest BCUT2D eigenvalue weighted by atomic mass is 32.2. The number of ether oxygens (including phenoxy) is 1. The largest absolute Gasteiger partial charge is 0.479 e. The van der Waals surface area contributed by atoms with Crippen LogP contribution in [-0.4, -0.2) is 32.6 Å². The first kappa shape index (κ1) is 14.7. The third-order valence-corrected chi connectivity index (χ3v) is 5.16. The third-order valence-electron chi connectivity index (χ3n) is 3.49. The lowest BCUT2D eigenvalue weighted by Gasteiger charge is -2.21. The van der Waals surface area contributed by atoms with Gasteiger partial charge in [0.15, 0.2) is 16.4 Å². The average molecular weight is 294 g/mol. The van der Waals surface area contributed by atoms with Gasteiger partial charge >= 0.3 is 0 Å². The van der Waals surface area contributed by atoms with Crippen LogP contribution < -0.4 is 10.1 Å². The summed E-state index contributed by atoms with van der Waals surface area (Å²) in [5.74, 6) is 0.602. The second-order valence-corrected chi connectivity index (χ2v) is 7.29. The van der Waals surface area contributed by atoms with Gasteiger partial charge in [0.2, 0.25) is 0 Å². The Hall–Kier alpha value is -1.74. The molecule has 0 amide bonds. The highest BCUT2D eigenvalue weighted by molar-refractivity contribution is 7.91. The number of hydrogen-bond acceptors (Lipinski definition) is 5. The van der Waals surface area contributed by atoms with Crippen LogP contribution in [-0.2, 0) is 9.84 Å². The zero-order chi connectivity index (χ0) is 14.6. The molecule has 6 heteroatoms. The minimum absolute atomic E-state index is 0.00114. The molecule has 0 heterocycles. The Kier molecular flexibility index (Phi) is 4.50. The predicted octanol–water partition coefficient (Wildman–Crippen LogP) is 1.97. The first-order valence-corrected chi connectivity index (χ1v) is 8.51. The van der Waals surface area contributed by atoms with E-state index < -0.39 is 9.84 Å². The quantitative estimate of drug-likeness (QED) is 0.898. The van der Waals surface area contributed by atoms with Crippen LogP contribution in [0.1, 0.15) is 19.3 Å². The summed E-state index contributed by atoms with van der Waals surface area (Å²) in [6.07, 6.45) is 3.77. The van der Waals surface area contributed by atoms with E-state index >= 15 is 0 Å². The number of anilines is 1. The molecular formula is C14H18N2O3S. The molecule has 0 aromatic heterocycles. The molecule has 1 aromatic rings. The Morgan fingerprint density at radius 1 is 1.45 bits per heavy atom. The van der Waals surface area contributed by atoms with Crippen LogP contribution in [0.2, 0.25) is 0 Å². The van der Waals surface area contributed by atoms with Gasteiger partial charge in [0, 0.05) is 24.1 Å². The van der Waals surface area contributed by atoms with Crippen LogP contribution >= 0.6 is 0 Å². The molecule has 0 radical (unpaired) electrons. The van der Waals surface area contributed by atoms with Gasteiger partial charge in [-0.15, -0.1) is 0 Å². The van der Waals surface area contributed by atoms with Crippen LogP contribution in [0.15, 0.2) is 24.3 Å². The number of hydrogen-bond donors (Lipinski definition) is 1. The molecule has 2 unspecified atom stereocenters. The SMILES string of the molecule is CS(=O)(=O)C1CCCC1Nc1cccc(OCC#N)c1. The molecular weight excluding hydrogens is 276 g/mol. The summed E-state index contributed by atoms with van der Waals surface area (Å²) in [6, 6.07) is 9.10. The first-order chi connectivity index (χ1) is 9.50. The molecule has 5 nitrogen and oxygen atoms in total. The maximum absolute atomic E-state index is 11.7. The summed E-state index contributed by atoms with van der Waals surface area (Å²) in [4.78, 5) is 0. The molecule has 1 N–H and O–H groups in total. The highest BCUT2D eigenvalue weighted by Gasteiger charge is 2.34. The van der Waals surface area contributed by atoms with Crippen LogP contribution in [0.3, 0.4) is 0 Å². The van der Waals surface area contributed by atoms with E-state index in [-0.39, 0.29) is 17.9 Å². The first-order valence-electron chi connectivity index (χ1n) is 6.56. The standard InChI is InChI=1S/C14H18N2O3S/c1-20(17,18)14-7-3-6-13(14)16-11-4-2-5-12(10-11)19-9-8-15/h2,4-5,10,13-14,16H,3,6-7,9H2,1H3. The fraction of sp³-hybridized carbons (Fsp3) is 0.500. The second kappa shape index (κ2) is 6.14. The van der Waals surface area contributed by atoms with Crippen molar-refractivity contribution in [3.63, 3.8) is 0 Å². The topological polar surface area (TPSA) is 79.2 Å². The van der Waals surface area contributed by atoms with Crippen molar-refractivity contribution in [3.8, 4) is 11.8 Å². The lowest BCUT2D eigenvalue weighted by atomic mass is 10.2. The smallest absolute Gasteiger partial charge is 0.174 e. The van der Waals surface area contributed by atoms with Gasteiger partial charge in [-0.3, -0.25) is 0 Å². The number of benzene rings is 1. The molecule has 2 atom stereocenters. The van der Waals surface area contributed by atoms with E-state index in [2.05, 4.69) is 5.32 Å². The minimum Gasteiger partial charge on any atom is -0.479 e. The molecule has 1 fully saturated rings. The molecule has 108 valence electrons. The number of sulfone groups is 1. The van der Waals surface area contributed by atoms with Gasteiger partial charge in [-0.25, -0.2) is 8.42 Å². The average Bonchev–Trinajstić information content (AvgIpc) is 2.85. The van der Waals surface area contributed by atoms with Crippen molar-refractivity contribution in [3.05, 3.63) is 24.3 Å². The summed E-state index contributed by atoms with van der Waals surface area (Å²) in [6.45, 7) is -0.00114. The fourth-order valence-corrected chi connectivity index (χ4v) is 4.00. The van der Waals surface area contributed by atoms with Gasteiger partial charge in [0.05, 0.1) is 5.25 Å². The van der Waals surface area contributed by atoms with Crippen molar-refractivity contribution in [1.29, 1.82) is 5.26 Å². The van der Waals surface area contributed by atoms with Crippen molar-refractivity contribution in [2.24, 2.45) is 0 Å². The predicted molar refractivity (Wildman–Crippen MR) is 77.4 cm³/mol. The number of nitriles is 1. The van der Waals surface area contributed by atoms with Gasteiger partial charge in [0.25, 0.3) is 0 Å². The molecule has 1 aliphatic carbocycles. The molecule has 0 saturated heterocycles. The summed E-state index contributed by atoms with van der Waals surface area (Å²) < 4.78 is 28.7. The van der Waals surface area contributed by atoms with Gasteiger partial charge in [-0.1, -0.05) is 6.07 Å². The monoisotopic (exact) mass is 294 g/mol. The van der Waals surface area contributed by atoms with Gasteiger partial charge in [0.1, 0.15) is 11.8 Å². The minimum atomic E-state index is -3.03. The fourth-order valence-electron chi connectivity index (χ4n) is 2.61. The number of nitrogens with one attached hydrogen (secondary N) is 1. The molecule has 0 aliphatic heterocycles. The Morgan fingerprint density at radius 2 is 2.25 bits per heavy atom. The van der Waals surface area contributed by atoms with Gasteiger partial charge < -0.3 is 10.1 Å². The maximum atomic E-state index is 11.7. The zero-order valence-electron chi connectivity index (χ0n) is 11.4. The lowest BCUT2D eigenvalue weighted by molar-refractivity contribution is 0.368. The molecule has 0 spiro atoms. The Bertz CT molecular complexity index is 607. The number of rotatable bonds is 5. The van der Waals surface area contributed by atoms with E-state index in [0.29, 0.717) is 12.2 Å². The van der Waals surface area contributed by atoms with Crippen LogP contribution in [0.4, 0.5) is 5.69 Å². The molecule has 1 saturated carbocycles. The van der Waals surface area contributed by atoms with Gasteiger partial charge in [-0.2, -0.15) is 5.26 Å². The van der Waals surface area contributed by atoms with E-state index in [1.54, 1.807) is 12.1 Å². The molecule has 0 bridgehead atoms. The van der Waals surface area contributed by atoms with Crippen LogP contribution in [0.25, 0.3) is 0 Å². The van der Waals surface area contributed by atoms with E-state index in [9.17, 15) is 8.42 Å². The second-order valence-electron chi connectivity index (χ2n) is 5.02. The van der Waals surface area contributed by atoms with Gasteiger partial charge in [-0.05, 0) is 31.4 Å². The van der Waals surface area contributed by atoms with Crippen molar-refractivity contribution in [2.75, 3.05) is 18.2 Å². The van der Waals surface area contributed by atoms with Crippen molar-refractivity contribution in [1.82, 2.24) is 0 Å². The van der Waals surface area contributed by atoms with Crippen molar-refractivity contribution in [2.45, 2.75) is 30.6 Å². The molecule has 20 heavy (non-hydrogen) atoms. The highest BCUT2D eigenvalue weighted by Crippen LogP contribution is 2.29. The Labute approximate surface area is 119 Å². The van der Waals surface area contributed by atoms with E-state index in [1.165, 1.54) is 6.26 Å². The van der Waals surface area contributed by atoms with E-state index in [1.807, 2.05) is 18.2 Å². The molecule has 1 aliphatic rings.